The van der Waals surface area contributed by atoms with E-state index >= 15 is 0 Å². The van der Waals surface area contributed by atoms with Gasteiger partial charge in [0.1, 0.15) is 17.3 Å². The van der Waals surface area contributed by atoms with Crippen LogP contribution in [0.25, 0.3) is 10.9 Å². The number of para-hydroxylation sites is 1. The SMILES string of the molecule is Cn1c(C(=O)NC23CC(NC(=O)COc4ccc(Cl)c(F)c4)(C2)C3)cc2ccccc21. The maximum atomic E-state index is 13.5. The van der Waals surface area contributed by atoms with Crippen molar-refractivity contribution in [2.75, 3.05) is 6.61 Å². The van der Waals surface area contributed by atoms with E-state index in [4.69, 9.17) is 16.3 Å². The summed E-state index contributed by atoms with van der Waals surface area (Å²) in [5.74, 6) is -0.730. The zero-order valence-corrected chi connectivity index (χ0v) is 17.6. The van der Waals surface area contributed by atoms with Crippen LogP contribution in [0, 0.1) is 5.82 Å². The number of nitrogens with zero attached hydrogens (tertiary/aromatic N) is 1. The van der Waals surface area contributed by atoms with Crippen molar-refractivity contribution in [2.45, 2.75) is 30.3 Å². The molecule has 2 bridgehead atoms. The Kier molecular flexibility index (Phi) is 4.48. The minimum absolute atomic E-state index is 0.00135. The monoisotopic (exact) mass is 441 g/mol. The number of hydrogen-bond acceptors (Lipinski definition) is 3. The number of ether oxygens (including phenoxy) is 1. The zero-order valence-electron chi connectivity index (χ0n) is 16.9. The summed E-state index contributed by atoms with van der Waals surface area (Å²) in [6.07, 6.45) is 2.07. The van der Waals surface area contributed by atoms with Gasteiger partial charge in [0, 0.05) is 35.1 Å². The number of halogens is 2. The van der Waals surface area contributed by atoms with Gasteiger partial charge in [-0.2, -0.15) is 0 Å². The maximum absolute atomic E-state index is 13.5. The summed E-state index contributed by atoms with van der Waals surface area (Å²) in [6.45, 7) is -0.210. The van der Waals surface area contributed by atoms with Gasteiger partial charge in [-0.15, -0.1) is 0 Å². The van der Waals surface area contributed by atoms with Crippen LogP contribution in [0.5, 0.6) is 5.75 Å². The summed E-state index contributed by atoms with van der Waals surface area (Å²) in [6, 6.07) is 13.8. The molecule has 0 radical (unpaired) electrons. The van der Waals surface area contributed by atoms with Gasteiger partial charge in [-0.05, 0) is 43.5 Å². The molecular weight excluding hydrogens is 421 g/mol. The van der Waals surface area contributed by atoms with Gasteiger partial charge in [0.05, 0.1) is 5.02 Å². The smallest absolute Gasteiger partial charge is 0.268 e. The topological polar surface area (TPSA) is 72.4 Å². The molecule has 0 atom stereocenters. The molecule has 2 aromatic carbocycles. The lowest BCUT2D eigenvalue weighted by molar-refractivity contribution is -0.141. The van der Waals surface area contributed by atoms with E-state index in [9.17, 15) is 14.0 Å². The Bertz CT molecular complexity index is 1200. The third-order valence-electron chi connectivity index (χ3n) is 6.26. The van der Waals surface area contributed by atoms with Gasteiger partial charge in [0.2, 0.25) is 0 Å². The highest BCUT2D eigenvalue weighted by Gasteiger charge is 2.69. The van der Waals surface area contributed by atoms with E-state index in [1.54, 1.807) is 0 Å². The molecule has 8 heteroatoms. The second-order valence-electron chi connectivity index (χ2n) is 8.61. The van der Waals surface area contributed by atoms with E-state index in [1.807, 2.05) is 41.9 Å². The van der Waals surface area contributed by atoms with E-state index in [0.29, 0.717) is 25.0 Å². The predicted molar refractivity (Wildman–Crippen MR) is 115 cm³/mol. The van der Waals surface area contributed by atoms with E-state index in [0.717, 1.165) is 17.0 Å². The molecule has 1 heterocycles. The molecule has 6 rings (SSSR count). The van der Waals surface area contributed by atoms with Crippen LogP contribution in [0.4, 0.5) is 4.39 Å². The lowest BCUT2D eigenvalue weighted by Crippen LogP contribution is -2.84. The summed E-state index contributed by atoms with van der Waals surface area (Å²) in [5.41, 5.74) is 1.07. The highest BCUT2D eigenvalue weighted by atomic mass is 35.5. The summed E-state index contributed by atoms with van der Waals surface area (Å²) >= 11 is 5.64. The average molecular weight is 442 g/mol. The highest BCUT2D eigenvalue weighted by molar-refractivity contribution is 6.30. The molecule has 3 aliphatic carbocycles. The first-order valence-corrected chi connectivity index (χ1v) is 10.4. The summed E-state index contributed by atoms with van der Waals surface area (Å²) in [5, 5.41) is 7.16. The van der Waals surface area contributed by atoms with E-state index in [1.165, 1.54) is 12.1 Å². The van der Waals surface area contributed by atoms with Crippen LogP contribution in [0.2, 0.25) is 5.02 Å². The number of amides is 2. The minimum Gasteiger partial charge on any atom is -0.484 e. The van der Waals surface area contributed by atoms with Crippen molar-refractivity contribution in [1.29, 1.82) is 0 Å². The number of benzene rings is 2. The van der Waals surface area contributed by atoms with Crippen LogP contribution < -0.4 is 15.4 Å². The Labute approximate surface area is 183 Å². The lowest BCUT2D eigenvalue weighted by Gasteiger charge is -2.70. The Hall–Kier alpha value is -3.06. The van der Waals surface area contributed by atoms with Gasteiger partial charge in [-0.3, -0.25) is 9.59 Å². The summed E-state index contributed by atoms with van der Waals surface area (Å²) in [7, 11) is 1.88. The first-order valence-electron chi connectivity index (χ1n) is 10.0. The van der Waals surface area contributed by atoms with Crippen molar-refractivity contribution in [2.24, 2.45) is 7.05 Å². The lowest BCUT2D eigenvalue weighted by atomic mass is 9.44. The van der Waals surface area contributed by atoms with E-state index in [-0.39, 0.29) is 40.3 Å². The molecule has 0 unspecified atom stereocenters. The van der Waals surface area contributed by atoms with Gasteiger partial charge in [0.25, 0.3) is 11.8 Å². The number of carbonyl (C=O) groups is 2. The molecule has 3 aliphatic rings. The third-order valence-corrected chi connectivity index (χ3v) is 6.57. The van der Waals surface area contributed by atoms with Gasteiger partial charge in [0.15, 0.2) is 6.61 Å². The Morgan fingerprint density at radius 2 is 1.81 bits per heavy atom. The standard InChI is InChI=1S/C23H21ClFN3O3/c1-28-18-5-3-2-4-14(18)8-19(28)21(30)27-23-11-22(12-23,13-23)26-20(29)10-31-15-6-7-16(24)17(25)9-15/h2-9H,10-13H2,1H3,(H,26,29)(H,27,30). The van der Waals surface area contributed by atoms with Gasteiger partial charge < -0.3 is 19.9 Å². The molecule has 3 aromatic rings. The van der Waals surface area contributed by atoms with Crippen LogP contribution in [-0.4, -0.2) is 34.1 Å². The molecule has 3 fully saturated rings. The van der Waals surface area contributed by atoms with Crippen molar-refractivity contribution in [3.05, 3.63) is 65.1 Å². The molecule has 2 amide bonds. The number of carbonyl (C=O) groups excluding carboxylic acids is 2. The number of hydrogen-bond donors (Lipinski definition) is 2. The first kappa shape index (κ1) is 19.9. The van der Waals surface area contributed by atoms with Crippen LogP contribution in [-0.2, 0) is 11.8 Å². The fourth-order valence-electron chi connectivity index (χ4n) is 4.91. The first-order chi connectivity index (χ1) is 14.8. The zero-order chi connectivity index (χ0) is 21.8. The quantitative estimate of drug-likeness (QED) is 0.614. The molecule has 0 saturated heterocycles. The Morgan fingerprint density at radius 1 is 1.10 bits per heavy atom. The average Bonchev–Trinajstić information content (AvgIpc) is 3.03. The van der Waals surface area contributed by atoms with E-state index < -0.39 is 5.82 Å². The molecule has 1 aromatic heterocycles. The fraction of sp³-hybridized carbons (Fsp3) is 0.304. The number of aromatic nitrogens is 1. The predicted octanol–water partition coefficient (Wildman–Crippen LogP) is 3.57. The van der Waals surface area contributed by atoms with Crippen LogP contribution in [0.15, 0.2) is 48.5 Å². The minimum atomic E-state index is -0.595. The second-order valence-corrected chi connectivity index (χ2v) is 9.01. The second kappa shape index (κ2) is 6.99. The fourth-order valence-corrected chi connectivity index (χ4v) is 5.03. The number of nitrogens with one attached hydrogen (secondary N) is 2. The van der Waals surface area contributed by atoms with Crippen molar-refractivity contribution in [3.8, 4) is 5.75 Å². The van der Waals surface area contributed by atoms with Crippen molar-refractivity contribution in [3.63, 3.8) is 0 Å². The van der Waals surface area contributed by atoms with Gasteiger partial charge in [-0.25, -0.2) is 4.39 Å². The highest BCUT2D eigenvalue weighted by Crippen LogP contribution is 2.60. The van der Waals surface area contributed by atoms with Gasteiger partial charge >= 0.3 is 0 Å². The van der Waals surface area contributed by atoms with E-state index in [2.05, 4.69) is 10.6 Å². The molecule has 31 heavy (non-hydrogen) atoms. The third kappa shape index (κ3) is 3.43. The number of fused-ring (bicyclic) bond motifs is 1. The van der Waals surface area contributed by atoms with Crippen molar-refractivity contribution in [1.82, 2.24) is 15.2 Å². The molecule has 6 nitrogen and oxygen atoms in total. The molecule has 160 valence electrons. The van der Waals surface area contributed by atoms with Crippen LogP contribution >= 0.6 is 11.6 Å². The summed E-state index contributed by atoms with van der Waals surface area (Å²) < 4.78 is 20.7. The number of aryl methyl sites for hydroxylation is 1. The Balaban J connectivity index is 1.14. The number of rotatable bonds is 6. The van der Waals surface area contributed by atoms with Crippen molar-refractivity contribution >= 4 is 34.3 Å². The van der Waals surface area contributed by atoms with Gasteiger partial charge in [-0.1, -0.05) is 29.8 Å². The largest absolute Gasteiger partial charge is 0.484 e. The molecule has 3 saturated carbocycles. The molecule has 0 aliphatic heterocycles. The normalized spacial score (nSPS) is 23.6. The van der Waals surface area contributed by atoms with Crippen LogP contribution in [0.3, 0.4) is 0 Å². The summed E-state index contributed by atoms with van der Waals surface area (Å²) in [4.78, 5) is 25.1. The molecule has 2 N–H and O–H groups in total. The molecular formula is C23H21ClFN3O3. The van der Waals surface area contributed by atoms with Crippen LogP contribution in [0.1, 0.15) is 29.8 Å². The maximum Gasteiger partial charge on any atom is 0.268 e. The van der Waals surface area contributed by atoms with Crippen molar-refractivity contribution < 1.29 is 18.7 Å². The Morgan fingerprint density at radius 3 is 2.52 bits per heavy atom. The molecule has 0 spiro atoms.